The van der Waals surface area contributed by atoms with Crippen molar-refractivity contribution in [3.05, 3.63) is 29.6 Å². The van der Waals surface area contributed by atoms with E-state index >= 15 is 0 Å². The molecule has 3 nitrogen and oxygen atoms in total. The molecule has 0 spiro atoms. The first-order valence-corrected chi connectivity index (χ1v) is 4.74. The standard InChI is InChI=1S/C10H12N2O/c13-10-6-3-4-11-5-7(6)8-1-2-9(10)12-8/h3-5,8-10,12-13H,1-2H2/t8-,9+,10+/m0/s1. The van der Waals surface area contributed by atoms with E-state index in [1.807, 2.05) is 12.3 Å². The summed E-state index contributed by atoms with van der Waals surface area (Å²) >= 11 is 0. The minimum Gasteiger partial charge on any atom is -0.387 e. The van der Waals surface area contributed by atoms with Crippen molar-refractivity contribution in [2.45, 2.75) is 31.0 Å². The van der Waals surface area contributed by atoms with Gasteiger partial charge < -0.3 is 10.4 Å². The third kappa shape index (κ3) is 0.943. The Balaban J connectivity index is 2.16. The Kier molecular flexibility index (Phi) is 1.45. The molecule has 68 valence electrons. The van der Waals surface area contributed by atoms with Gasteiger partial charge in [-0.2, -0.15) is 0 Å². The number of nitrogens with one attached hydrogen (secondary N) is 1. The van der Waals surface area contributed by atoms with Gasteiger partial charge in [-0.05, 0) is 30.0 Å². The molecule has 0 amide bonds. The van der Waals surface area contributed by atoms with Gasteiger partial charge in [0.05, 0.1) is 6.10 Å². The van der Waals surface area contributed by atoms with Gasteiger partial charge in [-0.3, -0.25) is 4.98 Å². The van der Waals surface area contributed by atoms with Gasteiger partial charge >= 0.3 is 0 Å². The van der Waals surface area contributed by atoms with Crippen molar-refractivity contribution in [1.29, 1.82) is 0 Å². The van der Waals surface area contributed by atoms with Crippen molar-refractivity contribution in [1.82, 2.24) is 10.3 Å². The smallest absolute Gasteiger partial charge is 0.0947 e. The van der Waals surface area contributed by atoms with Crippen molar-refractivity contribution in [3.8, 4) is 0 Å². The minimum atomic E-state index is -0.336. The highest BCUT2D eigenvalue weighted by Gasteiger charge is 2.38. The predicted octanol–water partition coefficient (Wildman–Crippen LogP) is 0.922. The van der Waals surface area contributed by atoms with Crippen molar-refractivity contribution in [3.63, 3.8) is 0 Å². The average molecular weight is 176 g/mol. The van der Waals surface area contributed by atoms with Crippen LogP contribution in [0, 0.1) is 0 Å². The first-order valence-electron chi connectivity index (χ1n) is 4.74. The van der Waals surface area contributed by atoms with Crippen LogP contribution in [0.3, 0.4) is 0 Å². The van der Waals surface area contributed by atoms with Crippen LogP contribution in [0.15, 0.2) is 18.5 Å². The number of hydrogen-bond donors (Lipinski definition) is 2. The first kappa shape index (κ1) is 7.47. The number of fused-ring (bicyclic) bond motifs is 4. The molecule has 2 aliphatic heterocycles. The van der Waals surface area contributed by atoms with Crippen LogP contribution in [0.25, 0.3) is 0 Å². The van der Waals surface area contributed by atoms with E-state index in [0.29, 0.717) is 6.04 Å². The Labute approximate surface area is 76.8 Å². The summed E-state index contributed by atoms with van der Waals surface area (Å²) < 4.78 is 0. The molecule has 0 aromatic carbocycles. The normalized spacial score (nSPS) is 35.9. The molecule has 2 N–H and O–H groups in total. The zero-order valence-electron chi connectivity index (χ0n) is 7.27. The quantitative estimate of drug-likeness (QED) is 0.618. The number of pyridine rings is 1. The molecule has 0 aliphatic carbocycles. The molecule has 3 heterocycles. The SMILES string of the molecule is O[C@@H]1c2ccncc2[C@@H]2CC[C@H]1N2. The van der Waals surface area contributed by atoms with E-state index in [1.165, 1.54) is 5.56 Å². The van der Waals surface area contributed by atoms with Gasteiger partial charge in [-0.1, -0.05) is 0 Å². The number of aliphatic hydroxyl groups excluding tert-OH is 1. The molecule has 1 aromatic heterocycles. The molecule has 2 aliphatic rings. The highest BCUT2D eigenvalue weighted by Crippen LogP contribution is 2.40. The Morgan fingerprint density at radius 1 is 1.38 bits per heavy atom. The molecule has 2 bridgehead atoms. The Bertz CT molecular complexity index is 324. The van der Waals surface area contributed by atoms with Crippen molar-refractivity contribution >= 4 is 0 Å². The average Bonchev–Trinajstić information content (AvgIpc) is 2.61. The minimum absolute atomic E-state index is 0.264. The molecule has 3 atom stereocenters. The van der Waals surface area contributed by atoms with E-state index < -0.39 is 0 Å². The Morgan fingerprint density at radius 3 is 3.23 bits per heavy atom. The van der Waals surface area contributed by atoms with Crippen LogP contribution in [-0.2, 0) is 0 Å². The summed E-state index contributed by atoms with van der Waals surface area (Å²) in [6.07, 6.45) is 5.49. The van der Waals surface area contributed by atoms with Gasteiger partial charge in [-0.15, -0.1) is 0 Å². The van der Waals surface area contributed by atoms with Crippen LogP contribution >= 0.6 is 0 Å². The molecular weight excluding hydrogens is 164 g/mol. The topological polar surface area (TPSA) is 45.2 Å². The fourth-order valence-electron chi connectivity index (χ4n) is 2.46. The maximum Gasteiger partial charge on any atom is 0.0947 e. The monoisotopic (exact) mass is 176 g/mol. The lowest BCUT2D eigenvalue weighted by Crippen LogP contribution is -2.35. The van der Waals surface area contributed by atoms with Crippen molar-refractivity contribution in [2.75, 3.05) is 0 Å². The summed E-state index contributed by atoms with van der Waals surface area (Å²) in [5, 5.41) is 13.4. The molecule has 0 saturated carbocycles. The molecule has 1 aromatic rings. The zero-order valence-corrected chi connectivity index (χ0v) is 7.27. The molecule has 0 radical (unpaired) electrons. The van der Waals surface area contributed by atoms with Crippen LogP contribution in [0.4, 0.5) is 0 Å². The zero-order chi connectivity index (χ0) is 8.84. The summed E-state index contributed by atoms with van der Waals surface area (Å²) in [4.78, 5) is 4.10. The summed E-state index contributed by atoms with van der Waals surface area (Å²) in [7, 11) is 0. The molecule has 3 rings (SSSR count). The molecule has 0 unspecified atom stereocenters. The molecule has 3 heteroatoms. The summed E-state index contributed by atoms with van der Waals surface area (Å²) in [5.74, 6) is 0. The third-order valence-electron chi connectivity index (χ3n) is 3.14. The lowest BCUT2D eigenvalue weighted by Gasteiger charge is -2.28. The van der Waals surface area contributed by atoms with Gasteiger partial charge in [0, 0.05) is 24.5 Å². The van der Waals surface area contributed by atoms with Crippen LogP contribution in [0.1, 0.15) is 36.1 Å². The van der Waals surface area contributed by atoms with E-state index in [0.717, 1.165) is 18.4 Å². The lowest BCUT2D eigenvalue weighted by molar-refractivity contribution is 0.126. The second-order valence-corrected chi connectivity index (χ2v) is 3.85. The molecule has 13 heavy (non-hydrogen) atoms. The molecule has 1 fully saturated rings. The Hall–Kier alpha value is -0.930. The third-order valence-corrected chi connectivity index (χ3v) is 3.14. The highest BCUT2D eigenvalue weighted by molar-refractivity contribution is 5.34. The van der Waals surface area contributed by atoms with Crippen LogP contribution in [-0.4, -0.2) is 16.1 Å². The number of aromatic nitrogens is 1. The second-order valence-electron chi connectivity index (χ2n) is 3.85. The van der Waals surface area contributed by atoms with Crippen molar-refractivity contribution < 1.29 is 5.11 Å². The van der Waals surface area contributed by atoms with E-state index in [-0.39, 0.29) is 12.1 Å². The van der Waals surface area contributed by atoms with Gasteiger partial charge in [0.1, 0.15) is 0 Å². The highest BCUT2D eigenvalue weighted by atomic mass is 16.3. The van der Waals surface area contributed by atoms with E-state index in [2.05, 4.69) is 10.3 Å². The number of nitrogens with zero attached hydrogens (tertiary/aromatic N) is 1. The number of aliphatic hydroxyl groups is 1. The van der Waals surface area contributed by atoms with Gasteiger partial charge in [0.15, 0.2) is 0 Å². The largest absolute Gasteiger partial charge is 0.387 e. The summed E-state index contributed by atoms with van der Waals surface area (Å²) in [5.41, 5.74) is 2.25. The lowest BCUT2D eigenvalue weighted by atomic mass is 9.95. The van der Waals surface area contributed by atoms with E-state index in [9.17, 15) is 5.11 Å². The van der Waals surface area contributed by atoms with Crippen molar-refractivity contribution in [2.24, 2.45) is 0 Å². The fraction of sp³-hybridized carbons (Fsp3) is 0.500. The maximum absolute atomic E-state index is 9.96. The van der Waals surface area contributed by atoms with Gasteiger partial charge in [0.25, 0.3) is 0 Å². The maximum atomic E-state index is 9.96. The van der Waals surface area contributed by atoms with E-state index in [4.69, 9.17) is 0 Å². The summed E-state index contributed by atoms with van der Waals surface area (Å²) in [6.45, 7) is 0. The molecular formula is C10H12N2O. The van der Waals surface area contributed by atoms with E-state index in [1.54, 1.807) is 6.20 Å². The predicted molar refractivity (Wildman–Crippen MR) is 48.1 cm³/mol. The first-order chi connectivity index (χ1) is 6.36. The summed E-state index contributed by atoms with van der Waals surface area (Å²) in [6, 6.07) is 2.63. The van der Waals surface area contributed by atoms with Gasteiger partial charge in [-0.25, -0.2) is 0 Å². The van der Waals surface area contributed by atoms with Gasteiger partial charge in [0.2, 0.25) is 0 Å². The number of rotatable bonds is 0. The second kappa shape index (κ2) is 2.53. The van der Waals surface area contributed by atoms with Crippen LogP contribution in [0.5, 0.6) is 0 Å². The van der Waals surface area contributed by atoms with Crippen LogP contribution in [0.2, 0.25) is 0 Å². The fourth-order valence-corrected chi connectivity index (χ4v) is 2.46. The molecule has 1 saturated heterocycles. The Morgan fingerprint density at radius 2 is 2.31 bits per heavy atom. The van der Waals surface area contributed by atoms with Crippen LogP contribution < -0.4 is 5.32 Å². The number of hydrogen-bond acceptors (Lipinski definition) is 3.